The Morgan fingerprint density at radius 1 is 1.05 bits per heavy atom. The first kappa shape index (κ1) is 14.4. The van der Waals surface area contributed by atoms with Crippen LogP contribution in [-0.4, -0.2) is 17.3 Å². The van der Waals surface area contributed by atoms with E-state index in [1.807, 2.05) is 42.5 Å². The van der Waals surface area contributed by atoms with Crippen molar-refractivity contribution in [3.05, 3.63) is 59.4 Å². The van der Waals surface area contributed by atoms with E-state index >= 15 is 0 Å². The first-order valence-corrected chi connectivity index (χ1v) is 6.99. The van der Waals surface area contributed by atoms with E-state index in [0.29, 0.717) is 28.2 Å². The molecule has 0 aliphatic rings. The maximum atomic E-state index is 6.11. The second kappa shape index (κ2) is 6.49. The maximum Gasteiger partial charge on any atom is 0.264 e. The molecule has 0 unspecified atom stereocenters. The van der Waals surface area contributed by atoms with Crippen LogP contribution in [0.2, 0.25) is 5.02 Å². The van der Waals surface area contributed by atoms with Crippen molar-refractivity contribution in [2.24, 2.45) is 0 Å². The van der Waals surface area contributed by atoms with Gasteiger partial charge in [-0.1, -0.05) is 41.0 Å². The fourth-order valence-corrected chi connectivity index (χ4v) is 2.16. The van der Waals surface area contributed by atoms with Gasteiger partial charge in [-0.05, 0) is 24.3 Å². The zero-order valence-electron chi connectivity index (χ0n) is 11.8. The van der Waals surface area contributed by atoms with Crippen LogP contribution in [0.1, 0.15) is 5.89 Å². The number of rotatable bonds is 5. The minimum Gasteiger partial charge on any atom is -0.493 e. The maximum absolute atomic E-state index is 6.11. The number of aromatic nitrogens is 2. The van der Waals surface area contributed by atoms with Gasteiger partial charge in [-0.3, -0.25) is 0 Å². The zero-order valence-corrected chi connectivity index (χ0v) is 12.6. The van der Waals surface area contributed by atoms with E-state index in [0.717, 1.165) is 5.56 Å². The fraction of sp³-hybridized carbons (Fsp3) is 0.125. The smallest absolute Gasteiger partial charge is 0.264 e. The molecule has 22 heavy (non-hydrogen) atoms. The van der Waals surface area contributed by atoms with Gasteiger partial charge in [0.25, 0.3) is 5.89 Å². The number of ether oxygens (including phenoxy) is 2. The normalized spacial score (nSPS) is 10.5. The molecule has 0 N–H and O–H groups in total. The Bertz CT molecular complexity index is 773. The van der Waals surface area contributed by atoms with E-state index in [1.165, 1.54) is 0 Å². The van der Waals surface area contributed by atoms with Gasteiger partial charge in [-0.25, -0.2) is 0 Å². The van der Waals surface area contributed by atoms with Crippen molar-refractivity contribution in [2.45, 2.75) is 6.61 Å². The van der Waals surface area contributed by atoms with Gasteiger partial charge < -0.3 is 14.0 Å². The van der Waals surface area contributed by atoms with Gasteiger partial charge in [0.05, 0.1) is 12.1 Å². The molecular weight excluding hydrogens is 304 g/mol. The van der Waals surface area contributed by atoms with Crippen LogP contribution in [0.5, 0.6) is 11.5 Å². The van der Waals surface area contributed by atoms with Crippen LogP contribution in [-0.2, 0) is 6.61 Å². The molecule has 0 amide bonds. The van der Waals surface area contributed by atoms with Crippen LogP contribution >= 0.6 is 11.6 Å². The highest BCUT2D eigenvalue weighted by atomic mass is 35.5. The quantitative estimate of drug-likeness (QED) is 0.712. The Morgan fingerprint density at radius 2 is 1.77 bits per heavy atom. The van der Waals surface area contributed by atoms with Crippen LogP contribution in [0.3, 0.4) is 0 Å². The number of nitrogens with zero attached hydrogens (tertiary/aromatic N) is 2. The summed E-state index contributed by atoms with van der Waals surface area (Å²) in [6.07, 6.45) is 0. The van der Waals surface area contributed by atoms with Crippen molar-refractivity contribution < 1.29 is 14.0 Å². The second-order valence-corrected chi connectivity index (χ2v) is 4.84. The molecule has 6 heteroatoms. The lowest BCUT2D eigenvalue weighted by Crippen LogP contribution is -1.97. The molecule has 1 heterocycles. The Labute approximate surface area is 132 Å². The predicted octanol–water partition coefficient (Wildman–Crippen LogP) is 3.98. The van der Waals surface area contributed by atoms with Gasteiger partial charge in [0.15, 0.2) is 18.1 Å². The molecule has 0 atom stereocenters. The summed E-state index contributed by atoms with van der Waals surface area (Å²) < 4.78 is 16.0. The monoisotopic (exact) mass is 316 g/mol. The van der Waals surface area contributed by atoms with Gasteiger partial charge in [0, 0.05) is 5.56 Å². The first-order valence-electron chi connectivity index (χ1n) is 6.61. The summed E-state index contributed by atoms with van der Waals surface area (Å²) in [7, 11) is 1.59. The summed E-state index contributed by atoms with van der Waals surface area (Å²) in [6.45, 7) is 0.151. The molecule has 3 aromatic rings. The summed E-state index contributed by atoms with van der Waals surface area (Å²) in [5.41, 5.74) is 0.719. The van der Waals surface area contributed by atoms with Crippen LogP contribution in [0.25, 0.3) is 11.4 Å². The third-order valence-corrected chi connectivity index (χ3v) is 3.33. The van der Waals surface area contributed by atoms with Gasteiger partial charge in [0.1, 0.15) is 0 Å². The fourth-order valence-electron chi connectivity index (χ4n) is 1.94. The van der Waals surface area contributed by atoms with Gasteiger partial charge in [-0.15, -0.1) is 0 Å². The molecule has 0 radical (unpaired) electrons. The summed E-state index contributed by atoms with van der Waals surface area (Å²) in [4.78, 5) is 4.28. The molecule has 1 aromatic heterocycles. The Kier molecular flexibility index (Phi) is 4.25. The van der Waals surface area contributed by atoms with Crippen molar-refractivity contribution in [1.82, 2.24) is 10.1 Å². The van der Waals surface area contributed by atoms with Crippen LogP contribution < -0.4 is 9.47 Å². The molecule has 0 saturated heterocycles. The Hall–Kier alpha value is -2.53. The zero-order chi connectivity index (χ0) is 15.4. The van der Waals surface area contributed by atoms with Crippen molar-refractivity contribution in [1.29, 1.82) is 0 Å². The summed E-state index contributed by atoms with van der Waals surface area (Å²) in [5.74, 6) is 2.06. The highest BCUT2D eigenvalue weighted by Gasteiger charge is 2.12. The first-order chi connectivity index (χ1) is 10.8. The van der Waals surface area contributed by atoms with Gasteiger partial charge in [0.2, 0.25) is 5.82 Å². The lowest BCUT2D eigenvalue weighted by molar-refractivity contribution is 0.233. The molecule has 112 valence electrons. The topological polar surface area (TPSA) is 57.4 Å². The standard InChI is InChI=1S/C16H13ClN2O3/c1-20-13-8-4-5-9-14(13)21-10-15-18-16(19-22-15)11-6-2-3-7-12(11)17/h2-9H,10H2,1H3. The molecule has 0 aliphatic heterocycles. The van der Waals surface area contributed by atoms with Crippen LogP contribution in [0.4, 0.5) is 0 Å². The minimum absolute atomic E-state index is 0.151. The molecule has 2 aromatic carbocycles. The molecule has 5 nitrogen and oxygen atoms in total. The van der Waals surface area contributed by atoms with Crippen molar-refractivity contribution in [2.75, 3.05) is 7.11 Å². The third-order valence-electron chi connectivity index (χ3n) is 3.00. The van der Waals surface area contributed by atoms with Gasteiger partial charge >= 0.3 is 0 Å². The van der Waals surface area contributed by atoms with Crippen molar-refractivity contribution >= 4 is 11.6 Å². The molecule has 0 aliphatic carbocycles. The van der Waals surface area contributed by atoms with E-state index in [9.17, 15) is 0 Å². The molecule has 0 bridgehead atoms. The predicted molar refractivity (Wildman–Crippen MR) is 82.1 cm³/mol. The van der Waals surface area contributed by atoms with E-state index in [-0.39, 0.29) is 6.61 Å². The van der Waals surface area contributed by atoms with Crippen LogP contribution in [0, 0.1) is 0 Å². The Morgan fingerprint density at radius 3 is 2.55 bits per heavy atom. The van der Waals surface area contributed by atoms with Crippen molar-refractivity contribution in [3.8, 4) is 22.9 Å². The third kappa shape index (κ3) is 3.04. The molecular formula is C16H13ClN2O3. The number of halogens is 1. The van der Waals surface area contributed by atoms with E-state index in [4.69, 9.17) is 25.6 Å². The average Bonchev–Trinajstić information content (AvgIpc) is 3.02. The number of methoxy groups -OCH3 is 1. The molecule has 0 fully saturated rings. The number of para-hydroxylation sites is 2. The molecule has 3 rings (SSSR count). The average molecular weight is 317 g/mol. The molecule has 0 spiro atoms. The Balaban J connectivity index is 1.74. The molecule has 0 saturated carbocycles. The van der Waals surface area contributed by atoms with E-state index in [2.05, 4.69) is 10.1 Å². The summed E-state index contributed by atoms with van der Waals surface area (Å²) >= 11 is 6.11. The second-order valence-electron chi connectivity index (χ2n) is 4.43. The highest BCUT2D eigenvalue weighted by Crippen LogP contribution is 2.27. The van der Waals surface area contributed by atoms with E-state index < -0.39 is 0 Å². The lowest BCUT2D eigenvalue weighted by atomic mass is 10.2. The van der Waals surface area contributed by atoms with Gasteiger partial charge in [-0.2, -0.15) is 4.98 Å². The van der Waals surface area contributed by atoms with E-state index in [1.54, 1.807) is 13.2 Å². The lowest BCUT2D eigenvalue weighted by Gasteiger charge is -2.07. The summed E-state index contributed by atoms with van der Waals surface area (Å²) in [6, 6.07) is 14.7. The number of hydrogen-bond acceptors (Lipinski definition) is 5. The SMILES string of the molecule is COc1ccccc1OCc1nc(-c2ccccc2Cl)no1. The minimum atomic E-state index is 0.151. The van der Waals surface area contributed by atoms with Crippen molar-refractivity contribution in [3.63, 3.8) is 0 Å². The largest absolute Gasteiger partial charge is 0.493 e. The van der Waals surface area contributed by atoms with Crippen LogP contribution in [0.15, 0.2) is 53.1 Å². The highest BCUT2D eigenvalue weighted by molar-refractivity contribution is 6.33. The summed E-state index contributed by atoms with van der Waals surface area (Å²) in [5, 5.41) is 4.49. The number of benzene rings is 2. The number of hydrogen-bond donors (Lipinski definition) is 0.